The number of rotatable bonds is 3. The van der Waals surface area contributed by atoms with Crippen LogP contribution in [-0.4, -0.2) is 9.78 Å². The Labute approximate surface area is 124 Å². The van der Waals surface area contributed by atoms with E-state index in [1.807, 2.05) is 30.9 Å². The van der Waals surface area contributed by atoms with E-state index < -0.39 is 0 Å². The molecule has 2 rings (SSSR count). The summed E-state index contributed by atoms with van der Waals surface area (Å²) in [7, 11) is 1.93. The van der Waals surface area contributed by atoms with Gasteiger partial charge in [-0.3, -0.25) is 4.68 Å². The van der Waals surface area contributed by atoms with Crippen LogP contribution < -0.4 is 5.32 Å². The summed E-state index contributed by atoms with van der Waals surface area (Å²) in [6.45, 7) is 4.14. The standard InChI is InChI=1S/C13H15Br2N3/c1-8(11-5-4-10(14)6-12(11)15)16-13-7-18(3)17-9(13)2/h4-8,16H,1-3H3. The second-order valence-electron chi connectivity index (χ2n) is 4.33. The fourth-order valence-electron chi connectivity index (χ4n) is 1.90. The quantitative estimate of drug-likeness (QED) is 0.863. The fourth-order valence-corrected chi connectivity index (χ4v) is 3.30. The van der Waals surface area contributed by atoms with Crippen LogP contribution in [0.2, 0.25) is 0 Å². The first kappa shape index (κ1) is 13.6. The third-order valence-corrected chi connectivity index (χ3v) is 3.99. The number of hydrogen-bond acceptors (Lipinski definition) is 2. The molecule has 1 aromatic heterocycles. The molecule has 1 atom stereocenters. The normalized spacial score (nSPS) is 12.5. The maximum atomic E-state index is 4.33. The summed E-state index contributed by atoms with van der Waals surface area (Å²) >= 11 is 7.06. The van der Waals surface area contributed by atoms with Crippen molar-refractivity contribution in [1.82, 2.24) is 9.78 Å². The lowest BCUT2D eigenvalue weighted by Gasteiger charge is -2.16. The van der Waals surface area contributed by atoms with E-state index in [0.29, 0.717) is 0 Å². The number of halogens is 2. The Kier molecular flexibility index (Phi) is 4.12. The van der Waals surface area contributed by atoms with Gasteiger partial charge in [0, 0.05) is 28.2 Å². The summed E-state index contributed by atoms with van der Waals surface area (Å²) < 4.78 is 3.99. The number of benzene rings is 1. The van der Waals surface area contributed by atoms with Gasteiger partial charge in [-0.1, -0.05) is 37.9 Å². The molecule has 0 aliphatic heterocycles. The number of hydrogen-bond donors (Lipinski definition) is 1. The SMILES string of the molecule is Cc1nn(C)cc1NC(C)c1ccc(Br)cc1Br. The molecule has 1 aromatic carbocycles. The van der Waals surface area contributed by atoms with Gasteiger partial charge >= 0.3 is 0 Å². The first-order valence-electron chi connectivity index (χ1n) is 5.69. The highest BCUT2D eigenvalue weighted by Crippen LogP contribution is 2.29. The molecule has 0 saturated heterocycles. The lowest BCUT2D eigenvalue weighted by Crippen LogP contribution is -2.07. The molecule has 0 radical (unpaired) electrons. The van der Waals surface area contributed by atoms with Gasteiger partial charge in [-0.2, -0.15) is 5.10 Å². The number of nitrogens with one attached hydrogen (secondary N) is 1. The van der Waals surface area contributed by atoms with Crippen LogP contribution in [0.5, 0.6) is 0 Å². The van der Waals surface area contributed by atoms with Gasteiger partial charge in [0.15, 0.2) is 0 Å². The maximum absolute atomic E-state index is 4.33. The van der Waals surface area contributed by atoms with Gasteiger partial charge in [0.05, 0.1) is 11.4 Å². The van der Waals surface area contributed by atoms with Gasteiger partial charge in [0.1, 0.15) is 0 Å². The molecule has 1 N–H and O–H groups in total. The molecule has 0 spiro atoms. The Balaban J connectivity index is 2.21. The fraction of sp³-hybridized carbons (Fsp3) is 0.308. The van der Waals surface area contributed by atoms with Crippen LogP contribution in [0.1, 0.15) is 24.2 Å². The van der Waals surface area contributed by atoms with Crippen LogP contribution in [0.3, 0.4) is 0 Å². The third-order valence-electron chi connectivity index (χ3n) is 2.81. The van der Waals surface area contributed by atoms with Crippen molar-refractivity contribution in [3.63, 3.8) is 0 Å². The largest absolute Gasteiger partial charge is 0.376 e. The van der Waals surface area contributed by atoms with E-state index in [-0.39, 0.29) is 6.04 Å². The predicted molar refractivity (Wildman–Crippen MR) is 81.8 cm³/mol. The van der Waals surface area contributed by atoms with Crippen molar-refractivity contribution in [3.05, 3.63) is 44.6 Å². The van der Waals surface area contributed by atoms with E-state index >= 15 is 0 Å². The van der Waals surface area contributed by atoms with Gasteiger partial charge in [-0.15, -0.1) is 0 Å². The Morgan fingerprint density at radius 3 is 2.61 bits per heavy atom. The molecule has 0 amide bonds. The zero-order chi connectivity index (χ0) is 13.3. The number of aryl methyl sites for hydroxylation is 2. The predicted octanol–water partition coefficient (Wildman–Crippen LogP) is 4.43. The molecule has 18 heavy (non-hydrogen) atoms. The topological polar surface area (TPSA) is 29.9 Å². The van der Waals surface area contributed by atoms with E-state index in [0.717, 1.165) is 20.3 Å². The van der Waals surface area contributed by atoms with Crippen molar-refractivity contribution in [2.24, 2.45) is 7.05 Å². The average molecular weight is 373 g/mol. The summed E-state index contributed by atoms with van der Waals surface area (Å²) in [5, 5.41) is 7.81. The molecule has 96 valence electrons. The Morgan fingerprint density at radius 1 is 1.33 bits per heavy atom. The van der Waals surface area contributed by atoms with Crippen molar-refractivity contribution in [1.29, 1.82) is 0 Å². The second kappa shape index (κ2) is 5.45. The van der Waals surface area contributed by atoms with Crippen molar-refractivity contribution in [3.8, 4) is 0 Å². The number of anilines is 1. The summed E-state index contributed by atoms with van der Waals surface area (Å²) in [4.78, 5) is 0. The molecule has 2 aromatic rings. The highest BCUT2D eigenvalue weighted by molar-refractivity contribution is 9.11. The minimum atomic E-state index is 0.218. The van der Waals surface area contributed by atoms with E-state index in [2.05, 4.69) is 61.3 Å². The van der Waals surface area contributed by atoms with Gasteiger partial charge in [-0.25, -0.2) is 0 Å². The summed E-state index contributed by atoms with van der Waals surface area (Å²) in [5.41, 5.74) is 3.30. The Hall–Kier alpha value is -0.810. The van der Waals surface area contributed by atoms with Crippen LogP contribution in [0.15, 0.2) is 33.3 Å². The molecule has 0 aliphatic carbocycles. The van der Waals surface area contributed by atoms with E-state index in [4.69, 9.17) is 0 Å². The second-order valence-corrected chi connectivity index (χ2v) is 6.10. The molecule has 3 nitrogen and oxygen atoms in total. The van der Waals surface area contributed by atoms with Crippen LogP contribution in [-0.2, 0) is 7.05 Å². The third kappa shape index (κ3) is 2.95. The van der Waals surface area contributed by atoms with Crippen molar-refractivity contribution < 1.29 is 0 Å². The number of aromatic nitrogens is 2. The zero-order valence-electron chi connectivity index (χ0n) is 10.5. The first-order chi connectivity index (χ1) is 8.47. The highest BCUT2D eigenvalue weighted by Gasteiger charge is 2.12. The lowest BCUT2D eigenvalue weighted by molar-refractivity contribution is 0.756. The highest BCUT2D eigenvalue weighted by atomic mass is 79.9. The van der Waals surface area contributed by atoms with Gasteiger partial charge in [-0.05, 0) is 31.5 Å². The molecule has 0 saturated carbocycles. The van der Waals surface area contributed by atoms with Crippen molar-refractivity contribution in [2.75, 3.05) is 5.32 Å². The molecule has 0 aliphatic rings. The minimum absolute atomic E-state index is 0.218. The smallest absolute Gasteiger partial charge is 0.0825 e. The lowest BCUT2D eigenvalue weighted by atomic mass is 10.1. The van der Waals surface area contributed by atoms with E-state index in [1.165, 1.54) is 5.56 Å². The number of nitrogens with zero attached hydrogens (tertiary/aromatic N) is 2. The summed E-state index contributed by atoms with van der Waals surface area (Å²) in [6.07, 6.45) is 2.00. The van der Waals surface area contributed by atoms with Crippen molar-refractivity contribution >= 4 is 37.5 Å². The summed E-state index contributed by atoms with van der Waals surface area (Å²) in [6, 6.07) is 6.44. The minimum Gasteiger partial charge on any atom is -0.376 e. The van der Waals surface area contributed by atoms with Crippen LogP contribution in [0.25, 0.3) is 0 Å². The Bertz CT molecular complexity index is 563. The van der Waals surface area contributed by atoms with Crippen LogP contribution >= 0.6 is 31.9 Å². The zero-order valence-corrected chi connectivity index (χ0v) is 13.7. The summed E-state index contributed by atoms with van der Waals surface area (Å²) in [5.74, 6) is 0. The van der Waals surface area contributed by atoms with Gasteiger partial charge in [0.2, 0.25) is 0 Å². The first-order valence-corrected chi connectivity index (χ1v) is 7.27. The molecule has 1 unspecified atom stereocenters. The molecule has 0 fully saturated rings. The molecule has 5 heteroatoms. The Morgan fingerprint density at radius 2 is 2.06 bits per heavy atom. The maximum Gasteiger partial charge on any atom is 0.0825 e. The van der Waals surface area contributed by atoms with Gasteiger partial charge in [0.25, 0.3) is 0 Å². The van der Waals surface area contributed by atoms with Crippen LogP contribution in [0.4, 0.5) is 5.69 Å². The molecular weight excluding hydrogens is 358 g/mol. The van der Waals surface area contributed by atoms with Gasteiger partial charge < -0.3 is 5.32 Å². The monoisotopic (exact) mass is 371 g/mol. The average Bonchev–Trinajstić information content (AvgIpc) is 2.57. The van der Waals surface area contributed by atoms with Crippen LogP contribution in [0, 0.1) is 6.92 Å². The van der Waals surface area contributed by atoms with E-state index in [1.54, 1.807) is 0 Å². The molecule has 1 heterocycles. The molecular formula is C13H15Br2N3. The molecule has 0 bridgehead atoms. The van der Waals surface area contributed by atoms with Crippen molar-refractivity contribution in [2.45, 2.75) is 19.9 Å². The van der Waals surface area contributed by atoms with E-state index in [9.17, 15) is 0 Å².